The summed E-state index contributed by atoms with van der Waals surface area (Å²) in [5, 5.41) is 4.56. The van der Waals surface area contributed by atoms with Crippen LogP contribution in [0.25, 0.3) is 0 Å². The Labute approximate surface area is 69.3 Å². The topological polar surface area (TPSA) is 0 Å². The molecule has 0 amide bonds. The van der Waals surface area contributed by atoms with Gasteiger partial charge >= 0.3 is 0 Å². The zero-order chi connectivity index (χ0) is 7.94. The minimum Gasteiger partial charge on any atom is -0.155 e. The molecule has 0 aliphatic carbocycles. The van der Waals surface area contributed by atoms with Crippen LogP contribution in [0.1, 0.15) is 0 Å². The van der Waals surface area contributed by atoms with Crippen molar-refractivity contribution >= 4 is 19.6 Å². The number of hydrogen-bond donors (Lipinski definition) is 0. The average Bonchev–Trinajstić information content (AvgIpc) is 2.07. The summed E-state index contributed by atoms with van der Waals surface area (Å²) in [6.07, 6.45) is 3.64. The molecule has 0 saturated carbocycles. The maximum absolute atomic E-state index is 3.59. The zero-order valence-electron chi connectivity index (χ0n) is 6.33. The Balaban J connectivity index is 2.80. The van der Waals surface area contributed by atoms with Gasteiger partial charge in [-0.2, -0.15) is 5.33 Å². The molecule has 0 N–H and O–H groups in total. The van der Waals surface area contributed by atoms with Crippen LogP contribution in [0.3, 0.4) is 0 Å². The number of benzene rings is 1. The van der Waals surface area contributed by atoms with Crippen LogP contribution in [0.15, 0.2) is 49.1 Å². The zero-order valence-corrected chi connectivity index (χ0v) is 7.48. The van der Waals surface area contributed by atoms with Crippen LogP contribution in [0.4, 0.5) is 0 Å². The summed E-state index contributed by atoms with van der Waals surface area (Å²) in [5.74, 6) is 0. The van der Waals surface area contributed by atoms with Gasteiger partial charge in [0.2, 0.25) is 0 Å². The number of allylic oxidation sites excluding steroid dienone is 2. The average molecular weight is 158 g/mol. The molecule has 0 nitrogen and oxygen atoms in total. The third-order valence-electron chi connectivity index (χ3n) is 1.26. The van der Waals surface area contributed by atoms with Crippen molar-refractivity contribution in [1.29, 1.82) is 0 Å². The van der Waals surface area contributed by atoms with Crippen LogP contribution < -0.4 is 5.19 Å². The molecule has 0 fully saturated rings. The highest BCUT2D eigenvalue weighted by Gasteiger charge is 1.78. The van der Waals surface area contributed by atoms with Crippen molar-refractivity contribution in [1.82, 2.24) is 0 Å². The first-order valence-corrected chi connectivity index (χ1v) is 4.67. The standard InChI is InChI=1S/C10H10Si/c1-2-3-9-11-10-7-5-4-6-8-10/h2-8,11H,1H2. The number of hydrogen-bond acceptors (Lipinski definition) is 0. The summed E-state index contributed by atoms with van der Waals surface area (Å²) in [4.78, 5) is 0. The lowest BCUT2D eigenvalue weighted by Crippen LogP contribution is -2.04. The summed E-state index contributed by atoms with van der Waals surface area (Å²) < 4.78 is 0. The SMILES string of the molecule is C=CC=C=[SiH]c1ccccc1. The Morgan fingerprint density at radius 2 is 2.00 bits per heavy atom. The van der Waals surface area contributed by atoms with E-state index in [1.807, 2.05) is 12.1 Å². The van der Waals surface area contributed by atoms with E-state index in [9.17, 15) is 0 Å². The summed E-state index contributed by atoms with van der Waals surface area (Å²) >= 11 is 0. The van der Waals surface area contributed by atoms with Crippen LogP contribution in [-0.2, 0) is 0 Å². The van der Waals surface area contributed by atoms with Gasteiger partial charge < -0.3 is 0 Å². The van der Waals surface area contributed by atoms with E-state index in [1.54, 1.807) is 6.08 Å². The van der Waals surface area contributed by atoms with Crippen molar-refractivity contribution in [2.75, 3.05) is 0 Å². The van der Waals surface area contributed by atoms with E-state index in [4.69, 9.17) is 0 Å². The highest BCUT2D eigenvalue weighted by molar-refractivity contribution is 6.59. The summed E-state index contributed by atoms with van der Waals surface area (Å²) in [7, 11) is 0.168. The molecule has 11 heavy (non-hydrogen) atoms. The van der Waals surface area contributed by atoms with Gasteiger partial charge in [-0.25, -0.2) is 0 Å². The maximum atomic E-state index is 3.59. The lowest BCUT2D eigenvalue weighted by molar-refractivity contribution is 1.77. The first-order valence-electron chi connectivity index (χ1n) is 3.52. The van der Waals surface area contributed by atoms with E-state index in [2.05, 4.69) is 36.2 Å². The third-order valence-corrected chi connectivity index (χ3v) is 2.34. The van der Waals surface area contributed by atoms with Crippen LogP contribution in [-0.4, -0.2) is 14.5 Å². The molecule has 0 atom stereocenters. The molecule has 0 aromatic heterocycles. The normalized spacial score (nSPS) is 8.00. The second-order valence-electron chi connectivity index (χ2n) is 2.12. The molecule has 0 radical (unpaired) electrons. The lowest BCUT2D eigenvalue weighted by Gasteiger charge is -1.85. The monoisotopic (exact) mass is 158 g/mol. The second kappa shape index (κ2) is 4.61. The van der Waals surface area contributed by atoms with Gasteiger partial charge in [-0.05, 0) is 11.3 Å². The van der Waals surface area contributed by atoms with E-state index in [0.29, 0.717) is 0 Å². The predicted octanol–water partition coefficient (Wildman–Crippen LogP) is 0.892. The minimum atomic E-state index is 0.168. The second-order valence-corrected chi connectivity index (χ2v) is 3.41. The van der Waals surface area contributed by atoms with E-state index in [1.165, 1.54) is 5.19 Å². The van der Waals surface area contributed by atoms with Gasteiger partial charge in [0, 0.05) is 0 Å². The molecule has 0 bridgehead atoms. The molecule has 0 aliphatic rings. The van der Waals surface area contributed by atoms with Crippen molar-refractivity contribution in [2.45, 2.75) is 0 Å². The van der Waals surface area contributed by atoms with Gasteiger partial charge in [-0.1, -0.05) is 43.0 Å². The van der Waals surface area contributed by atoms with Crippen molar-refractivity contribution in [3.8, 4) is 0 Å². The molecule has 0 unspecified atom stereocenters. The van der Waals surface area contributed by atoms with E-state index in [0.717, 1.165) is 0 Å². The van der Waals surface area contributed by atoms with E-state index in [-0.39, 0.29) is 9.13 Å². The molecule has 0 spiro atoms. The minimum absolute atomic E-state index is 0.168. The molecule has 1 rings (SSSR count). The Hall–Kier alpha value is -1.17. The van der Waals surface area contributed by atoms with Crippen LogP contribution in [0, 0.1) is 0 Å². The van der Waals surface area contributed by atoms with Crippen LogP contribution in [0.2, 0.25) is 0 Å². The third kappa shape index (κ3) is 2.94. The maximum Gasteiger partial charge on any atom is 0.0840 e. The van der Waals surface area contributed by atoms with Crippen LogP contribution in [0.5, 0.6) is 0 Å². The first-order chi connectivity index (χ1) is 5.43. The van der Waals surface area contributed by atoms with Crippen LogP contribution >= 0.6 is 0 Å². The summed E-state index contributed by atoms with van der Waals surface area (Å²) in [6, 6.07) is 10.4. The molecule has 54 valence electrons. The predicted molar refractivity (Wildman–Crippen MR) is 53.0 cm³/mol. The Morgan fingerprint density at radius 1 is 1.27 bits per heavy atom. The van der Waals surface area contributed by atoms with Gasteiger partial charge in [-0.3, -0.25) is 0 Å². The molecule has 1 heteroatoms. The molecule has 0 heterocycles. The fourth-order valence-electron chi connectivity index (χ4n) is 0.762. The fourth-order valence-corrected chi connectivity index (χ4v) is 1.60. The van der Waals surface area contributed by atoms with E-state index >= 15 is 0 Å². The quantitative estimate of drug-likeness (QED) is 0.443. The molecular formula is C10H10Si. The van der Waals surface area contributed by atoms with Gasteiger partial charge in [0.25, 0.3) is 0 Å². The molecule has 0 aliphatic heterocycles. The van der Waals surface area contributed by atoms with Gasteiger partial charge in [-0.15, -0.1) is 0 Å². The highest BCUT2D eigenvalue weighted by atomic mass is 28.2. The van der Waals surface area contributed by atoms with Crippen molar-refractivity contribution < 1.29 is 0 Å². The summed E-state index contributed by atoms with van der Waals surface area (Å²) in [5.41, 5.74) is 0. The molecule has 0 saturated heterocycles. The van der Waals surface area contributed by atoms with Gasteiger partial charge in [0.15, 0.2) is 0 Å². The van der Waals surface area contributed by atoms with Crippen molar-refractivity contribution in [3.63, 3.8) is 0 Å². The fraction of sp³-hybridized carbons (Fsp3) is 0. The Kier molecular flexibility index (Phi) is 3.32. The largest absolute Gasteiger partial charge is 0.155 e. The Bertz CT molecular complexity index is 279. The van der Waals surface area contributed by atoms with Crippen molar-refractivity contribution in [2.24, 2.45) is 0 Å². The van der Waals surface area contributed by atoms with Gasteiger partial charge in [0.05, 0.1) is 9.13 Å². The number of rotatable bonds is 2. The first kappa shape index (κ1) is 7.93. The molecule has 1 aromatic rings. The Morgan fingerprint density at radius 3 is 2.64 bits per heavy atom. The van der Waals surface area contributed by atoms with E-state index < -0.39 is 0 Å². The molecule has 1 aromatic carbocycles. The summed E-state index contributed by atoms with van der Waals surface area (Å²) in [6.45, 7) is 3.59. The lowest BCUT2D eigenvalue weighted by atomic mass is 10.4. The van der Waals surface area contributed by atoms with Gasteiger partial charge in [0.1, 0.15) is 0 Å². The highest BCUT2D eigenvalue weighted by Crippen LogP contribution is 1.77. The van der Waals surface area contributed by atoms with Crippen molar-refractivity contribution in [3.05, 3.63) is 49.1 Å². The molecular weight excluding hydrogens is 148 g/mol. The smallest absolute Gasteiger partial charge is 0.0840 e.